The van der Waals surface area contributed by atoms with Crippen LogP contribution in [0, 0.1) is 0 Å². The highest BCUT2D eigenvalue weighted by Gasteiger charge is 2.11. The maximum Gasteiger partial charge on any atom is 0.337 e. The predicted molar refractivity (Wildman–Crippen MR) is 76.9 cm³/mol. The number of nitrogens with zero attached hydrogens (tertiary/aromatic N) is 1. The van der Waals surface area contributed by atoms with Crippen molar-refractivity contribution in [2.75, 3.05) is 0 Å². The molecule has 0 atom stereocenters. The zero-order valence-electron chi connectivity index (χ0n) is 10.2. The van der Waals surface area contributed by atoms with Gasteiger partial charge in [0, 0.05) is 18.1 Å². The summed E-state index contributed by atoms with van der Waals surface area (Å²) in [6.07, 6.45) is 2.88. The van der Waals surface area contributed by atoms with Gasteiger partial charge in [-0.2, -0.15) is 11.3 Å². The van der Waals surface area contributed by atoms with Gasteiger partial charge in [-0.25, -0.2) is 4.79 Å². The quantitative estimate of drug-likeness (QED) is 0.787. The topological polar surface area (TPSA) is 42.2 Å². The van der Waals surface area contributed by atoms with Gasteiger partial charge in [-0.1, -0.05) is 12.1 Å². The second kappa shape index (κ2) is 4.90. The van der Waals surface area contributed by atoms with E-state index in [1.54, 1.807) is 23.5 Å². The second-order valence-corrected chi connectivity index (χ2v) is 5.22. The van der Waals surface area contributed by atoms with Crippen LogP contribution < -0.4 is 0 Å². The largest absolute Gasteiger partial charge is 0.478 e. The number of carboxylic acid groups (broad SMARTS) is 1. The van der Waals surface area contributed by atoms with Crippen LogP contribution in [0.2, 0.25) is 0 Å². The van der Waals surface area contributed by atoms with Gasteiger partial charge in [0.1, 0.15) is 0 Å². The van der Waals surface area contributed by atoms with E-state index < -0.39 is 5.97 Å². The molecule has 4 heteroatoms. The molecule has 96 valence electrons. The maximum atomic E-state index is 11.3. The summed E-state index contributed by atoms with van der Waals surface area (Å²) in [6, 6.07) is 9.47. The Labute approximate surface area is 114 Å². The van der Waals surface area contributed by atoms with E-state index in [-0.39, 0.29) is 0 Å². The van der Waals surface area contributed by atoms with Crippen LogP contribution in [0.3, 0.4) is 0 Å². The smallest absolute Gasteiger partial charge is 0.337 e. The first-order valence-corrected chi connectivity index (χ1v) is 7.02. The number of aryl methyl sites for hydroxylation is 2. The Kier molecular flexibility index (Phi) is 3.09. The van der Waals surface area contributed by atoms with Gasteiger partial charge >= 0.3 is 5.97 Å². The van der Waals surface area contributed by atoms with Crippen LogP contribution in [0.5, 0.6) is 0 Å². The average molecular weight is 271 g/mol. The Morgan fingerprint density at radius 3 is 2.89 bits per heavy atom. The van der Waals surface area contributed by atoms with Gasteiger partial charge in [0.05, 0.1) is 11.1 Å². The van der Waals surface area contributed by atoms with E-state index in [0.29, 0.717) is 5.56 Å². The summed E-state index contributed by atoms with van der Waals surface area (Å²) in [6.45, 7) is 0.796. The van der Waals surface area contributed by atoms with Crippen molar-refractivity contribution >= 4 is 28.2 Å². The van der Waals surface area contributed by atoms with Crippen molar-refractivity contribution < 1.29 is 9.90 Å². The third-order valence-corrected chi connectivity index (χ3v) is 3.97. The number of carbonyl (C=O) groups is 1. The summed E-state index contributed by atoms with van der Waals surface area (Å²) in [5, 5.41) is 14.4. The van der Waals surface area contributed by atoms with Crippen molar-refractivity contribution in [1.82, 2.24) is 4.57 Å². The fourth-order valence-electron chi connectivity index (χ4n) is 2.30. The standard InChI is InChI=1S/C15H13NO2S/c17-15(18)13-3-1-2-12-5-8-16(14(12)13)7-4-11-6-9-19-10-11/h1-3,5-6,8-10H,4,7H2,(H,17,18). The third-order valence-electron chi connectivity index (χ3n) is 3.24. The van der Waals surface area contributed by atoms with Gasteiger partial charge in [0.15, 0.2) is 0 Å². The van der Waals surface area contributed by atoms with E-state index >= 15 is 0 Å². The first kappa shape index (κ1) is 12.0. The molecule has 1 aromatic carbocycles. The number of benzene rings is 1. The minimum atomic E-state index is -0.874. The molecule has 0 spiro atoms. The molecule has 3 nitrogen and oxygen atoms in total. The Morgan fingerprint density at radius 2 is 2.16 bits per heavy atom. The molecule has 1 N–H and O–H groups in total. The van der Waals surface area contributed by atoms with Crippen LogP contribution in [0.4, 0.5) is 0 Å². The van der Waals surface area contributed by atoms with E-state index in [0.717, 1.165) is 23.9 Å². The highest BCUT2D eigenvalue weighted by Crippen LogP contribution is 2.21. The molecule has 0 fully saturated rings. The van der Waals surface area contributed by atoms with Gasteiger partial charge in [-0.05, 0) is 40.9 Å². The van der Waals surface area contributed by atoms with Gasteiger partial charge in [-0.15, -0.1) is 0 Å². The molecule has 0 aliphatic heterocycles. The Balaban J connectivity index is 1.97. The molecule has 0 bridgehead atoms. The van der Waals surface area contributed by atoms with E-state index in [1.807, 2.05) is 22.9 Å². The number of carboxylic acids is 1. The molecule has 2 aromatic heterocycles. The zero-order chi connectivity index (χ0) is 13.2. The van der Waals surface area contributed by atoms with Crippen LogP contribution in [-0.4, -0.2) is 15.6 Å². The monoisotopic (exact) mass is 271 g/mol. The minimum absolute atomic E-state index is 0.368. The number of thiophene rings is 1. The van der Waals surface area contributed by atoms with Crippen molar-refractivity contribution in [3.8, 4) is 0 Å². The van der Waals surface area contributed by atoms with Crippen molar-refractivity contribution in [1.29, 1.82) is 0 Å². The number of hydrogen-bond acceptors (Lipinski definition) is 2. The first-order chi connectivity index (χ1) is 9.25. The predicted octanol–water partition coefficient (Wildman–Crippen LogP) is 3.64. The molecule has 0 amide bonds. The SMILES string of the molecule is O=C(O)c1cccc2ccn(CCc3ccsc3)c12. The second-order valence-electron chi connectivity index (χ2n) is 4.44. The maximum absolute atomic E-state index is 11.3. The van der Waals surface area contributed by atoms with Gasteiger partial charge < -0.3 is 9.67 Å². The van der Waals surface area contributed by atoms with Crippen LogP contribution in [0.15, 0.2) is 47.3 Å². The van der Waals surface area contributed by atoms with E-state index in [1.165, 1.54) is 5.56 Å². The molecular formula is C15H13NO2S. The highest BCUT2D eigenvalue weighted by atomic mass is 32.1. The van der Waals surface area contributed by atoms with Crippen molar-refractivity contribution in [3.63, 3.8) is 0 Å². The molecule has 0 radical (unpaired) electrons. The van der Waals surface area contributed by atoms with Crippen molar-refractivity contribution in [3.05, 3.63) is 58.4 Å². The Bertz CT molecular complexity index is 713. The summed E-state index contributed by atoms with van der Waals surface area (Å²) in [7, 11) is 0. The average Bonchev–Trinajstić information content (AvgIpc) is 3.05. The van der Waals surface area contributed by atoms with E-state index in [2.05, 4.69) is 16.8 Å². The molecule has 0 aliphatic carbocycles. The molecule has 19 heavy (non-hydrogen) atoms. The van der Waals surface area contributed by atoms with Crippen molar-refractivity contribution in [2.24, 2.45) is 0 Å². The number of rotatable bonds is 4. The lowest BCUT2D eigenvalue weighted by Gasteiger charge is -2.07. The van der Waals surface area contributed by atoms with Crippen LogP contribution in [-0.2, 0) is 13.0 Å². The number of fused-ring (bicyclic) bond motifs is 1. The van der Waals surface area contributed by atoms with Gasteiger partial charge in [0.2, 0.25) is 0 Å². The Morgan fingerprint density at radius 1 is 1.26 bits per heavy atom. The highest BCUT2D eigenvalue weighted by molar-refractivity contribution is 7.07. The fourth-order valence-corrected chi connectivity index (χ4v) is 3.01. The van der Waals surface area contributed by atoms with Crippen LogP contribution in [0.1, 0.15) is 15.9 Å². The normalized spacial score (nSPS) is 10.9. The number of aromatic carboxylic acids is 1. The summed E-state index contributed by atoms with van der Waals surface area (Å²) in [4.78, 5) is 11.3. The van der Waals surface area contributed by atoms with Crippen molar-refractivity contribution in [2.45, 2.75) is 13.0 Å². The molecule has 2 heterocycles. The number of para-hydroxylation sites is 1. The molecule has 0 unspecified atom stereocenters. The zero-order valence-corrected chi connectivity index (χ0v) is 11.1. The van der Waals surface area contributed by atoms with Crippen LogP contribution >= 0.6 is 11.3 Å². The van der Waals surface area contributed by atoms with Gasteiger partial charge in [-0.3, -0.25) is 0 Å². The summed E-state index contributed by atoms with van der Waals surface area (Å²) in [5.74, 6) is -0.874. The first-order valence-electron chi connectivity index (χ1n) is 6.08. The van der Waals surface area contributed by atoms with E-state index in [4.69, 9.17) is 0 Å². The molecule has 3 rings (SSSR count). The number of hydrogen-bond donors (Lipinski definition) is 1. The summed E-state index contributed by atoms with van der Waals surface area (Å²) < 4.78 is 2.02. The van der Waals surface area contributed by atoms with Crippen LogP contribution in [0.25, 0.3) is 10.9 Å². The Hall–Kier alpha value is -2.07. The third kappa shape index (κ3) is 2.27. The molecule has 0 saturated carbocycles. The molecular weight excluding hydrogens is 258 g/mol. The number of aromatic nitrogens is 1. The lowest BCUT2D eigenvalue weighted by atomic mass is 10.1. The fraction of sp³-hybridized carbons (Fsp3) is 0.133. The molecule has 0 aliphatic rings. The molecule has 0 saturated heterocycles. The lowest BCUT2D eigenvalue weighted by molar-refractivity contribution is 0.0698. The minimum Gasteiger partial charge on any atom is -0.478 e. The molecule has 3 aromatic rings. The van der Waals surface area contributed by atoms with E-state index in [9.17, 15) is 9.90 Å². The summed E-state index contributed by atoms with van der Waals surface area (Å²) in [5.41, 5.74) is 2.47. The van der Waals surface area contributed by atoms with Gasteiger partial charge in [0.25, 0.3) is 0 Å². The lowest BCUT2D eigenvalue weighted by Crippen LogP contribution is -2.04. The summed E-state index contributed by atoms with van der Waals surface area (Å²) >= 11 is 1.69.